The Morgan fingerprint density at radius 1 is 0.354 bits per heavy atom. The fraction of sp³-hybridized carbons (Fsp3) is 0. The number of hydrogen-bond acceptors (Lipinski definition) is 4. The molecule has 0 saturated carbocycles. The van der Waals surface area contributed by atoms with Gasteiger partial charge in [0.2, 0.25) is 0 Å². The van der Waals surface area contributed by atoms with Crippen LogP contribution in [-0.2, 0) is 0 Å². The fourth-order valence-corrected chi connectivity index (χ4v) is 6.58. The van der Waals surface area contributed by atoms with E-state index in [1.54, 1.807) is 6.20 Å². The molecule has 224 valence electrons. The number of aromatic nitrogens is 4. The third kappa shape index (κ3) is 4.97. The molecule has 48 heavy (non-hydrogen) atoms. The van der Waals surface area contributed by atoms with Gasteiger partial charge in [0.05, 0.1) is 28.3 Å². The molecule has 3 heterocycles. The molecule has 0 amide bonds. The monoisotopic (exact) mass is 612 g/mol. The summed E-state index contributed by atoms with van der Waals surface area (Å²) >= 11 is 0. The summed E-state index contributed by atoms with van der Waals surface area (Å²) in [6.07, 6.45) is 1.79. The van der Waals surface area contributed by atoms with Crippen LogP contribution in [0.5, 0.6) is 0 Å². The van der Waals surface area contributed by atoms with E-state index >= 15 is 0 Å². The lowest BCUT2D eigenvalue weighted by Crippen LogP contribution is -1.97. The Labute approximate surface area is 278 Å². The van der Waals surface area contributed by atoms with Crippen molar-refractivity contribution in [3.8, 4) is 56.4 Å². The molecule has 0 unspecified atom stereocenters. The van der Waals surface area contributed by atoms with Crippen LogP contribution >= 0.6 is 0 Å². The summed E-state index contributed by atoms with van der Waals surface area (Å²) < 4.78 is 0. The highest BCUT2D eigenvalue weighted by Gasteiger charge is 2.15. The van der Waals surface area contributed by atoms with E-state index in [1.807, 2.05) is 54.6 Å². The minimum Gasteiger partial charge on any atom is -0.255 e. The quantitative estimate of drug-likeness (QED) is 0.181. The molecule has 0 N–H and O–H groups in total. The summed E-state index contributed by atoms with van der Waals surface area (Å²) in [6.45, 7) is 0. The molecule has 6 aromatic carbocycles. The molecule has 9 aromatic rings. The van der Waals surface area contributed by atoms with Crippen molar-refractivity contribution in [3.63, 3.8) is 0 Å². The molecule has 9 rings (SSSR count). The van der Waals surface area contributed by atoms with Crippen molar-refractivity contribution in [3.05, 3.63) is 170 Å². The summed E-state index contributed by atoms with van der Waals surface area (Å²) in [5.41, 5.74) is 9.74. The summed E-state index contributed by atoms with van der Waals surface area (Å²) in [4.78, 5) is 19.7. The first-order valence-corrected chi connectivity index (χ1v) is 16.1. The lowest BCUT2D eigenvalue weighted by atomic mass is 9.94. The first kappa shape index (κ1) is 27.8. The predicted octanol–water partition coefficient (Wildman–Crippen LogP) is 11.1. The van der Waals surface area contributed by atoms with E-state index in [2.05, 4.69) is 114 Å². The SMILES string of the molecule is c1ccc(-c2nc(-c3cccc(-c4ccc(-c5nc6ccccc6c6c5ccc5ccccc56)cc4)c3)cc(-c3ccccn3)n2)cc1. The Hall–Kier alpha value is -6.52. The van der Waals surface area contributed by atoms with Gasteiger partial charge in [-0.3, -0.25) is 4.98 Å². The van der Waals surface area contributed by atoms with Crippen LogP contribution in [0, 0.1) is 0 Å². The second kappa shape index (κ2) is 11.7. The zero-order valence-corrected chi connectivity index (χ0v) is 26.0. The van der Waals surface area contributed by atoms with Gasteiger partial charge in [0.15, 0.2) is 5.82 Å². The number of benzene rings is 6. The highest BCUT2D eigenvalue weighted by Crippen LogP contribution is 2.38. The van der Waals surface area contributed by atoms with Gasteiger partial charge in [0, 0.05) is 39.0 Å². The minimum atomic E-state index is 0.673. The Morgan fingerprint density at radius 3 is 1.92 bits per heavy atom. The van der Waals surface area contributed by atoms with Crippen LogP contribution in [-0.4, -0.2) is 19.9 Å². The minimum absolute atomic E-state index is 0.673. The molecule has 0 fully saturated rings. The second-order valence-corrected chi connectivity index (χ2v) is 11.9. The molecule has 3 aromatic heterocycles. The van der Waals surface area contributed by atoms with Crippen LogP contribution < -0.4 is 0 Å². The van der Waals surface area contributed by atoms with Gasteiger partial charge in [-0.05, 0) is 52.2 Å². The lowest BCUT2D eigenvalue weighted by molar-refractivity contribution is 1.16. The van der Waals surface area contributed by atoms with E-state index in [-0.39, 0.29) is 0 Å². The van der Waals surface area contributed by atoms with Crippen molar-refractivity contribution in [2.45, 2.75) is 0 Å². The molecule has 0 radical (unpaired) electrons. The molecular weight excluding hydrogens is 585 g/mol. The Bertz CT molecular complexity index is 2520. The maximum atomic E-state index is 5.18. The van der Waals surface area contributed by atoms with Crippen molar-refractivity contribution in [1.29, 1.82) is 0 Å². The normalized spacial score (nSPS) is 11.3. The van der Waals surface area contributed by atoms with Gasteiger partial charge in [-0.25, -0.2) is 15.0 Å². The highest BCUT2D eigenvalue weighted by molar-refractivity contribution is 6.22. The lowest BCUT2D eigenvalue weighted by Gasteiger charge is -2.13. The van der Waals surface area contributed by atoms with E-state index in [9.17, 15) is 0 Å². The van der Waals surface area contributed by atoms with Gasteiger partial charge in [0.25, 0.3) is 0 Å². The van der Waals surface area contributed by atoms with Crippen molar-refractivity contribution in [1.82, 2.24) is 19.9 Å². The van der Waals surface area contributed by atoms with E-state index < -0.39 is 0 Å². The molecule has 0 bridgehead atoms. The number of rotatable bonds is 5. The maximum absolute atomic E-state index is 5.18. The summed E-state index contributed by atoms with van der Waals surface area (Å²) in [5.74, 6) is 0.673. The Kier molecular flexibility index (Phi) is 6.76. The first-order chi connectivity index (χ1) is 23.8. The predicted molar refractivity (Wildman–Crippen MR) is 197 cm³/mol. The van der Waals surface area contributed by atoms with Crippen LogP contribution in [0.4, 0.5) is 0 Å². The second-order valence-electron chi connectivity index (χ2n) is 11.9. The van der Waals surface area contributed by atoms with Gasteiger partial charge in [0.1, 0.15) is 0 Å². The van der Waals surface area contributed by atoms with E-state index in [0.717, 1.165) is 61.5 Å². The standard InChI is InChI=1S/C44H28N4/c1-2-12-32(13-3-1)44-47-40(28-41(48-44)39-19-8-9-26-45-39)34-15-10-14-33(27-34)29-20-22-31(23-21-29)43-37-25-24-30-11-4-5-16-35(30)42(37)36-17-6-7-18-38(36)46-43/h1-28H. The van der Waals surface area contributed by atoms with E-state index in [0.29, 0.717) is 5.82 Å². The van der Waals surface area contributed by atoms with Crippen LogP contribution in [0.3, 0.4) is 0 Å². The van der Waals surface area contributed by atoms with Crippen LogP contribution in [0.2, 0.25) is 0 Å². The molecule has 0 aliphatic carbocycles. The van der Waals surface area contributed by atoms with Gasteiger partial charge in [-0.1, -0.05) is 133 Å². The molecule has 4 heteroatoms. The third-order valence-corrected chi connectivity index (χ3v) is 8.93. The zero-order chi connectivity index (χ0) is 31.9. The molecule has 0 saturated heterocycles. The third-order valence-electron chi connectivity index (χ3n) is 8.93. The van der Waals surface area contributed by atoms with Crippen LogP contribution in [0.15, 0.2) is 170 Å². The molecule has 0 spiro atoms. The van der Waals surface area contributed by atoms with Gasteiger partial charge in [-0.2, -0.15) is 0 Å². The van der Waals surface area contributed by atoms with Gasteiger partial charge in [-0.15, -0.1) is 0 Å². The number of nitrogens with zero attached hydrogens (tertiary/aromatic N) is 4. The van der Waals surface area contributed by atoms with Gasteiger partial charge < -0.3 is 0 Å². The Morgan fingerprint density at radius 2 is 1.06 bits per heavy atom. The molecule has 0 aliphatic heterocycles. The van der Waals surface area contributed by atoms with Crippen molar-refractivity contribution in [2.75, 3.05) is 0 Å². The zero-order valence-electron chi connectivity index (χ0n) is 26.0. The smallest absolute Gasteiger partial charge is 0.160 e. The van der Waals surface area contributed by atoms with Crippen LogP contribution in [0.1, 0.15) is 0 Å². The number of hydrogen-bond donors (Lipinski definition) is 0. The highest BCUT2D eigenvalue weighted by atomic mass is 14.9. The number of pyridine rings is 2. The number of fused-ring (bicyclic) bond motifs is 5. The van der Waals surface area contributed by atoms with E-state index in [4.69, 9.17) is 15.0 Å². The average molecular weight is 613 g/mol. The summed E-state index contributed by atoms with van der Waals surface area (Å²) in [7, 11) is 0. The molecule has 0 aliphatic rings. The first-order valence-electron chi connectivity index (χ1n) is 16.1. The average Bonchev–Trinajstić information content (AvgIpc) is 3.18. The van der Waals surface area contributed by atoms with Crippen molar-refractivity contribution < 1.29 is 0 Å². The Balaban J connectivity index is 1.13. The molecule has 0 atom stereocenters. The maximum Gasteiger partial charge on any atom is 0.160 e. The summed E-state index contributed by atoms with van der Waals surface area (Å²) in [6, 6.07) is 56.7. The van der Waals surface area contributed by atoms with Crippen LogP contribution in [0.25, 0.3) is 88.9 Å². The van der Waals surface area contributed by atoms with Gasteiger partial charge >= 0.3 is 0 Å². The summed E-state index contributed by atoms with van der Waals surface area (Å²) in [5, 5.41) is 6.05. The fourth-order valence-electron chi connectivity index (χ4n) is 6.58. The van der Waals surface area contributed by atoms with Crippen molar-refractivity contribution in [2.24, 2.45) is 0 Å². The topological polar surface area (TPSA) is 51.6 Å². The molecule has 4 nitrogen and oxygen atoms in total. The molecular formula is C44H28N4. The van der Waals surface area contributed by atoms with Crippen molar-refractivity contribution >= 4 is 32.4 Å². The number of para-hydroxylation sites is 1. The van der Waals surface area contributed by atoms with E-state index in [1.165, 1.54) is 21.5 Å². The largest absolute Gasteiger partial charge is 0.255 e.